The lowest BCUT2D eigenvalue weighted by Crippen LogP contribution is -2.08. The third kappa shape index (κ3) is 2.35. The fraction of sp³-hybridized carbons (Fsp3) is 0.333. The van der Waals surface area contributed by atoms with Crippen LogP contribution < -0.4 is 5.73 Å². The van der Waals surface area contributed by atoms with Crippen LogP contribution in [0.2, 0.25) is 0 Å². The molecule has 0 saturated carbocycles. The van der Waals surface area contributed by atoms with Crippen molar-refractivity contribution in [2.75, 3.05) is 12.3 Å². The number of carbonyl (C=O) groups is 1. The van der Waals surface area contributed by atoms with Crippen LogP contribution in [0, 0.1) is 0 Å². The van der Waals surface area contributed by atoms with Gasteiger partial charge in [-0.1, -0.05) is 6.58 Å². The molecule has 0 saturated heterocycles. The Morgan fingerprint density at radius 2 is 2.50 bits per heavy atom. The van der Waals surface area contributed by atoms with E-state index in [1.165, 1.54) is 0 Å². The molecule has 0 atom stereocenters. The molecule has 14 heavy (non-hydrogen) atoms. The minimum Gasteiger partial charge on any atom is -0.466 e. The molecule has 0 unspecified atom stereocenters. The van der Waals surface area contributed by atoms with E-state index in [2.05, 4.69) is 16.5 Å². The van der Waals surface area contributed by atoms with Gasteiger partial charge in [0.15, 0.2) is 0 Å². The largest absolute Gasteiger partial charge is 0.466 e. The SMILES string of the molecule is C=Cc1[nH]c(CC(=O)OCC)nc1N. The monoisotopic (exact) mass is 195 g/mol. The third-order valence-electron chi connectivity index (χ3n) is 1.63. The summed E-state index contributed by atoms with van der Waals surface area (Å²) in [6, 6.07) is 0. The first kappa shape index (κ1) is 10.3. The number of aromatic amines is 1. The number of nitrogen functional groups attached to an aromatic ring is 1. The Morgan fingerprint density at radius 1 is 1.79 bits per heavy atom. The summed E-state index contributed by atoms with van der Waals surface area (Å²) in [6.45, 7) is 5.67. The van der Waals surface area contributed by atoms with Gasteiger partial charge in [0.25, 0.3) is 0 Å². The first-order valence-electron chi connectivity index (χ1n) is 4.29. The van der Waals surface area contributed by atoms with Crippen LogP contribution in [0.1, 0.15) is 18.4 Å². The fourth-order valence-electron chi connectivity index (χ4n) is 1.04. The second-order valence-corrected chi connectivity index (χ2v) is 2.67. The Balaban J connectivity index is 2.68. The number of ether oxygens (including phenoxy) is 1. The van der Waals surface area contributed by atoms with Crippen LogP contribution >= 0.6 is 0 Å². The molecule has 5 nitrogen and oxygen atoms in total. The molecule has 0 aromatic carbocycles. The van der Waals surface area contributed by atoms with Gasteiger partial charge in [0.1, 0.15) is 18.1 Å². The molecule has 1 aromatic rings. The molecule has 0 aliphatic heterocycles. The predicted octanol–water partition coefficient (Wildman–Crippen LogP) is 0.740. The zero-order valence-corrected chi connectivity index (χ0v) is 8.04. The van der Waals surface area contributed by atoms with E-state index in [0.717, 1.165) is 0 Å². The van der Waals surface area contributed by atoms with E-state index in [4.69, 9.17) is 10.5 Å². The first-order chi connectivity index (χ1) is 6.67. The Morgan fingerprint density at radius 3 is 3.00 bits per heavy atom. The van der Waals surface area contributed by atoms with E-state index in [0.29, 0.717) is 23.9 Å². The van der Waals surface area contributed by atoms with Crippen molar-refractivity contribution in [3.63, 3.8) is 0 Å². The Bertz CT molecular complexity index is 344. The molecule has 0 radical (unpaired) electrons. The highest BCUT2D eigenvalue weighted by atomic mass is 16.5. The van der Waals surface area contributed by atoms with Crippen LogP contribution in [0.5, 0.6) is 0 Å². The number of nitrogens with two attached hydrogens (primary N) is 1. The highest BCUT2D eigenvalue weighted by Gasteiger charge is 2.09. The van der Waals surface area contributed by atoms with Crippen molar-refractivity contribution in [1.29, 1.82) is 0 Å². The fourth-order valence-corrected chi connectivity index (χ4v) is 1.04. The first-order valence-corrected chi connectivity index (χ1v) is 4.29. The number of nitrogens with zero attached hydrogens (tertiary/aromatic N) is 1. The standard InChI is InChI=1S/C9H13N3O2/c1-3-6-9(10)12-7(11-6)5-8(13)14-4-2/h3H,1,4-5,10H2,2H3,(H,11,12). The molecule has 76 valence electrons. The van der Waals surface area contributed by atoms with Crippen LogP contribution in [-0.4, -0.2) is 22.5 Å². The minimum absolute atomic E-state index is 0.103. The number of nitrogens with one attached hydrogen (secondary N) is 1. The van der Waals surface area contributed by atoms with E-state index in [1.807, 2.05) is 0 Å². The number of H-pyrrole nitrogens is 1. The Labute approximate surface area is 82.0 Å². The lowest BCUT2D eigenvalue weighted by Gasteiger charge is -1.97. The molecule has 1 heterocycles. The Kier molecular flexibility index (Phi) is 3.28. The summed E-state index contributed by atoms with van der Waals surface area (Å²) in [6.07, 6.45) is 1.66. The summed E-state index contributed by atoms with van der Waals surface area (Å²) in [5.74, 6) is 0.520. The van der Waals surface area contributed by atoms with Gasteiger partial charge in [0.05, 0.1) is 12.3 Å². The maximum Gasteiger partial charge on any atom is 0.313 e. The molecule has 0 spiro atoms. The highest BCUT2D eigenvalue weighted by Crippen LogP contribution is 2.09. The third-order valence-corrected chi connectivity index (χ3v) is 1.63. The van der Waals surface area contributed by atoms with Crippen molar-refractivity contribution < 1.29 is 9.53 Å². The number of aromatic nitrogens is 2. The highest BCUT2D eigenvalue weighted by molar-refractivity contribution is 5.72. The molecule has 0 fully saturated rings. The smallest absolute Gasteiger partial charge is 0.313 e. The van der Waals surface area contributed by atoms with Crippen LogP contribution in [0.4, 0.5) is 5.82 Å². The molecule has 0 amide bonds. The van der Waals surface area contributed by atoms with E-state index < -0.39 is 0 Å². The van der Waals surface area contributed by atoms with Crippen molar-refractivity contribution in [1.82, 2.24) is 9.97 Å². The van der Waals surface area contributed by atoms with Gasteiger partial charge in [-0.15, -0.1) is 0 Å². The quantitative estimate of drug-likeness (QED) is 0.694. The number of esters is 1. The number of hydrogen-bond donors (Lipinski definition) is 2. The molecule has 3 N–H and O–H groups in total. The van der Waals surface area contributed by atoms with E-state index in [-0.39, 0.29) is 12.4 Å². The minimum atomic E-state index is -0.322. The van der Waals surface area contributed by atoms with Crippen molar-refractivity contribution >= 4 is 17.9 Å². The summed E-state index contributed by atoms with van der Waals surface area (Å²) in [5.41, 5.74) is 6.16. The van der Waals surface area contributed by atoms with E-state index in [9.17, 15) is 4.79 Å². The summed E-state index contributed by atoms with van der Waals surface area (Å²) in [5, 5.41) is 0. The van der Waals surface area contributed by atoms with E-state index in [1.54, 1.807) is 13.0 Å². The van der Waals surface area contributed by atoms with Gasteiger partial charge in [-0.25, -0.2) is 4.98 Å². The van der Waals surface area contributed by atoms with Gasteiger partial charge in [0.2, 0.25) is 0 Å². The number of rotatable bonds is 4. The van der Waals surface area contributed by atoms with E-state index >= 15 is 0 Å². The van der Waals surface area contributed by atoms with Crippen molar-refractivity contribution in [2.45, 2.75) is 13.3 Å². The van der Waals surface area contributed by atoms with Gasteiger partial charge in [-0.2, -0.15) is 0 Å². The topological polar surface area (TPSA) is 81.0 Å². The molecular formula is C9H13N3O2. The Hall–Kier alpha value is -1.78. The number of anilines is 1. The van der Waals surface area contributed by atoms with Crippen molar-refractivity contribution in [2.24, 2.45) is 0 Å². The van der Waals surface area contributed by atoms with Gasteiger partial charge in [-0.05, 0) is 13.0 Å². The zero-order valence-electron chi connectivity index (χ0n) is 8.04. The second kappa shape index (κ2) is 4.45. The van der Waals surface area contributed by atoms with Gasteiger partial charge >= 0.3 is 5.97 Å². The summed E-state index contributed by atoms with van der Waals surface area (Å²) in [4.78, 5) is 17.9. The molecule has 0 bridgehead atoms. The number of hydrogen-bond acceptors (Lipinski definition) is 4. The maximum atomic E-state index is 11.1. The normalized spacial score (nSPS) is 9.79. The van der Waals surface area contributed by atoms with Crippen LogP contribution in [-0.2, 0) is 16.0 Å². The maximum absolute atomic E-state index is 11.1. The van der Waals surface area contributed by atoms with Crippen LogP contribution in [0.3, 0.4) is 0 Å². The average molecular weight is 195 g/mol. The summed E-state index contributed by atoms with van der Waals surface area (Å²) in [7, 11) is 0. The lowest BCUT2D eigenvalue weighted by molar-refractivity contribution is -0.142. The average Bonchev–Trinajstić information content (AvgIpc) is 2.46. The number of carbonyl (C=O) groups excluding carboxylic acids is 1. The summed E-state index contributed by atoms with van der Waals surface area (Å²) >= 11 is 0. The molecule has 1 aromatic heterocycles. The van der Waals surface area contributed by atoms with Gasteiger partial charge < -0.3 is 15.5 Å². The van der Waals surface area contributed by atoms with Crippen molar-refractivity contribution in [3.05, 3.63) is 18.1 Å². The van der Waals surface area contributed by atoms with Crippen LogP contribution in [0.15, 0.2) is 6.58 Å². The van der Waals surface area contributed by atoms with Crippen LogP contribution in [0.25, 0.3) is 6.08 Å². The molecule has 1 rings (SSSR count). The predicted molar refractivity (Wildman–Crippen MR) is 53.4 cm³/mol. The number of imidazole rings is 1. The molecule has 5 heteroatoms. The molecule has 0 aliphatic carbocycles. The van der Waals surface area contributed by atoms with Gasteiger partial charge in [-0.3, -0.25) is 4.79 Å². The lowest BCUT2D eigenvalue weighted by atomic mass is 10.4. The van der Waals surface area contributed by atoms with Gasteiger partial charge in [0, 0.05) is 0 Å². The molecule has 0 aliphatic rings. The zero-order chi connectivity index (χ0) is 10.6. The summed E-state index contributed by atoms with van der Waals surface area (Å²) < 4.78 is 4.76. The van der Waals surface area contributed by atoms with Crippen molar-refractivity contribution in [3.8, 4) is 0 Å². The molecular weight excluding hydrogens is 182 g/mol. The second-order valence-electron chi connectivity index (χ2n) is 2.67.